The zero-order chi connectivity index (χ0) is 20.1. The summed E-state index contributed by atoms with van der Waals surface area (Å²) in [7, 11) is 0. The summed E-state index contributed by atoms with van der Waals surface area (Å²) in [6.07, 6.45) is 0.862. The SMILES string of the molecule is CCC(C)NC(=O)c1cccc(C(=O)N2CCN(c3cccc(Cl)c3)CC2)c1. The maximum Gasteiger partial charge on any atom is 0.253 e. The Morgan fingerprint density at radius 3 is 2.39 bits per heavy atom. The van der Waals surface area contributed by atoms with Crippen molar-refractivity contribution in [1.82, 2.24) is 10.2 Å². The first-order valence-corrected chi connectivity index (χ1v) is 10.1. The highest BCUT2D eigenvalue weighted by Crippen LogP contribution is 2.21. The summed E-state index contributed by atoms with van der Waals surface area (Å²) in [4.78, 5) is 29.3. The third kappa shape index (κ3) is 4.84. The van der Waals surface area contributed by atoms with Gasteiger partial charge in [-0.25, -0.2) is 0 Å². The predicted molar refractivity (Wildman–Crippen MR) is 113 cm³/mol. The van der Waals surface area contributed by atoms with Gasteiger partial charge in [0.15, 0.2) is 0 Å². The molecule has 1 N–H and O–H groups in total. The molecule has 148 valence electrons. The first-order valence-electron chi connectivity index (χ1n) is 9.68. The Balaban J connectivity index is 1.63. The van der Waals surface area contributed by atoms with Gasteiger partial charge in [-0.05, 0) is 49.7 Å². The van der Waals surface area contributed by atoms with Crippen LogP contribution in [0.3, 0.4) is 0 Å². The van der Waals surface area contributed by atoms with Crippen LogP contribution in [0.2, 0.25) is 5.02 Å². The number of amides is 2. The fraction of sp³-hybridized carbons (Fsp3) is 0.364. The molecule has 0 spiro atoms. The van der Waals surface area contributed by atoms with Crippen molar-refractivity contribution < 1.29 is 9.59 Å². The number of benzene rings is 2. The maximum absolute atomic E-state index is 12.9. The van der Waals surface area contributed by atoms with Gasteiger partial charge in [0.25, 0.3) is 11.8 Å². The topological polar surface area (TPSA) is 52.7 Å². The van der Waals surface area contributed by atoms with E-state index >= 15 is 0 Å². The van der Waals surface area contributed by atoms with Crippen molar-refractivity contribution in [2.45, 2.75) is 26.3 Å². The number of anilines is 1. The van der Waals surface area contributed by atoms with E-state index in [4.69, 9.17) is 11.6 Å². The van der Waals surface area contributed by atoms with E-state index < -0.39 is 0 Å². The van der Waals surface area contributed by atoms with E-state index in [1.807, 2.05) is 43.0 Å². The molecule has 1 aliphatic rings. The smallest absolute Gasteiger partial charge is 0.253 e. The molecule has 0 radical (unpaired) electrons. The number of carbonyl (C=O) groups is 2. The Kier molecular flexibility index (Phi) is 6.57. The van der Waals surface area contributed by atoms with Crippen LogP contribution in [0.5, 0.6) is 0 Å². The molecule has 2 aromatic carbocycles. The number of piperazine rings is 1. The number of hydrogen-bond donors (Lipinski definition) is 1. The highest BCUT2D eigenvalue weighted by molar-refractivity contribution is 6.30. The van der Waals surface area contributed by atoms with E-state index in [1.54, 1.807) is 24.3 Å². The number of halogens is 1. The molecule has 3 rings (SSSR count). The van der Waals surface area contributed by atoms with E-state index in [-0.39, 0.29) is 17.9 Å². The molecule has 1 aliphatic heterocycles. The summed E-state index contributed by atoms with van der Waals surface area (Å²) in [6, 6.07) is 14.8. The van der Waals surface area contributed by atoms with Crippen LogP contribution in [-0.4, -0.2) is 48.9 Å². The fourth-order valence-corrected chi connectivity index (χ4v) is 3.41. The van der Waals surface area contributed by atoms with Crippen molar-refractivity contribution >= 4 is 29.1 Å². The van der Waals surface area contributed by atoms with Gasteiger partial charge in [0.05, 0.1) is 0 Å². The number of hydrogen-bond acceptors (Lipinski definition) is 3. The van der Waals surface area contributed by atoms with Crippen molar-refractivity contribution in [2.24, 2.45) is 0 Å². The van der Waals surface area contributed by atoms with Crippen LogP contribution in [0.4, 0.5) is 5.69 Å². The van der Waals surface area contributed by atoms with Crippen LogP contribution in [0, 0.1) is 0 Å². The molecule has 1 atom stereocenters. The molecule has 2 amide bonds. The molecule has 0 aliphatic carbocycles. The molecule has 2 aromatic rings. The Hall–Kier alpha value is -2.53. The fourth-order valence-electron chi connectivity index (χ4n) is 3.23. The lowest BCUT2D eigenvalue weighted by Crippen LogP contribution is -2.48. The third-order valence-corrected chi connectivity index (χ3v) is 5.34. The zero-order valence-electron chi connectivity index (χ0n) is 16.3. The normalized spacial score (nSPS) is 15.2. The van der Waals surface area contributed by atoms with E-state index in [0.29, 0.717) is 29.2 Å². The second kappa shape index (κ2) is 9.11. The van der Waals surface area contributed by atoms with Gasteiger partial charge in [0.1, 0.15) is 0 Å². The molecule has 0 aromatic heterocycles. The third-order valence-electron chi connectivity index (χ3n) is 5.10. The molecule has 1 saturated heterocycles. The lowest BCUT2D eigenvalue weighted by Gasteiger charge is -2.36. The van der Waals surface area contributed by atoms with E-state index in [9.17, 15) is 9.59 Å². The second-order valence-corrected chi connectivity index (χ2v) is 7.56. The Bertz CT molecular complexity index is 847. The molecule has 28 heavy (non-hydrogen) atoms. The van der Waals surface area contributed by atoms with Crippen LogP contribution in [0.15, 0.2) is 48.5 Å². The molecular weight excluding hydrogens is 374 g/mol. The Morgan fingerprint density at radius 2 is 1.71 bits per heavy atom. The highest BCUT2D eigenvalue weighted by Gasteiger charge is 2.23. The maximum atomic E-state index is 12.9. The summed E-state index contributed by atoms with van der Waals surface area (Å²) in [5, 5.41) is 3.65. The van der Waals surface area contributed by atoms with Crippen LogP contribution in [-0.2, 0) is 0 Å². The van der Waals surface area contributed by atoms with Gasteiger partial charge >= 0.3 is 0 Å². The lowest BCUT2D eigenvalue weighted by atomic mass is 10.1. The van der Waals surface area contributed by atoms with Gasteiger partial charge in [-0.2, -0.15) is 0 Å². The van der Waals surface area contributed by atoms with Gasteiger partial charge in [-0.1, -0.05) is 30.7 Å². The first-order chi connectivity index (χ1) is 13.5. The van der Waals surface area contributed by atoms with Crippen molar-refractivity contribution in [3.8, 4) is 0 Å². The summed E-state index contributed by atoms with van der Waals surface area (Å²) >= 11 is 6.08. The van der Waals surface area contributed by atoms with E-state index in [0.717, 1.165) is 25.2 Å². The van der Waals surface area contributed by atoms with E-state index in [2.05, 4.69) is 10.2 Å². The Labute approximate surface area is 171 Å². The monoisotopic (exact) mass is 399 g/mol. The number of nitrogens with zero attached hydrogens (tertiary/aromatic N) is 2. The van der Waals surface area contributed by atoms with Gasteiger partial charge in [0, 0.05) is 54.1 Å². The highest BCUT2D eigenvalue weighted by atomic mass is 35.5. The molecule has 0 bridgehead atoms. The molecule has 1 unspecified atom stereocenters. The summed E-state index contributed by atoms with van der Waals surface area (Å²) in [5.74, 6) is -0.182. The quantitative estimate of drug-likeness (QED) is 0.831. The van der Waals surface area contributed by atoms with Gasteiger partial charge in [-0.3, -0.25) is 9.59 Å². The van der Waals surface area contributed by atoms with Crippen molar-refractivity contribution in [2.75, 3.05) is 31.1 Å². The van der Waals surface area contributed by atoms with Crippen molar-refractivity contribution in [3.63, 3.8) is 0 Å². The largest absolute Gasteiger partial charge is 0.368 e. The molecule has 5 nitrogen and oxygen atoms in total. The molecule has 1 heterocycles. The van der Waals surface area contributed by atoms with Gasteiger partial charge < -0.3 is 15.1 Å². The minimum atomic E-state index is -0.144. The molecule has 0 saturated carbocycles. The average molecular weight is 400 g/mol. The van der Waals surface area contributed by atoms with Crippen molar-refractivity contribution in [3.05, 3.63) is 64.7 Å². The van der Waals surface area contributed by atoms with E-state index in [1.165, 1.54) is 0 Å². The summed E-state index contributed by atoms with van der Waals surface area (Å²) < 4.78 is 0. The number of carbonyl (C=O) groups excluding carboxylic acids is 2. The average Bonchev–Trinajstić information content (AvgIpc) is 2.73. The second-order valence-electron chi connectivity index (χ2n) is 7.12. The van der Waals surface area contributed by atoms with Crippen molar-refractivity contribution in [1.29, 1.82) is 0 Å². The summed E-state index contributed by atoms with van der Waals surface area (Å²) in [5.41, 5.74) is 2.14. The lowest BCUT2D eigenvalue weighted by molar-refractivity contribution is 0.0747. The van der Waals surface area contributed by atoms with Gasteiger partial charge in [0.2, 0.25) is 0 Å². The minimum Gasteiger partial charge on any atom is -0.368 e. The van der Waals surface area contributed by atoms with Gasteiger partial charge in [-0.15, -0.1) is 0 Å². The molecule has 1 fully saturated rings. The molecule has 6 heteroatoms. The zero-order valence-corrected chi connectivity index (χ0v) is 17.1. The van der Waals surface area contributed by atoms with Crippen LogP contribution >= 0.6 is 11.6 Å². The predicted octanol–water partition coefficient (Wildman–Crippen LogP) is 3.83. The standard InChI is InChI=1S/C22H26ClN3O2/c1-3-16(2)24-21(27)17-6-4-7-18(14-17)22(28)26-12-10-25(11-13-26)20-9-5-8-19(23)15-20/h4-9,14-16H,3,10-13H2,1-2H3,(H,24,27). The molecular formula is C22H26ClN3O2. The summed E-state index contributed by atoms with van der Waals surface area (Å²) in [6.45, 7) is 6.75. The number of nitrogens with one attached hydrogen (secondary N) is 1. The minimum absolute atomic E-state index is 0.0380. The number of rotatable bonds is 5. The van der Waals surface area contributed by atoms with Crippen LogP contribution < -0.4 is 10.2 Å². The van der Waals surface area contributed by atoms with Crippen LogP contribution in [0.1, 0.15) is 41.0 Å². The van der Waals surface area contributed by atoms with Crippen LogP contribution in [0.25, 0.3) is 0 Å². The first kappa shape index (κ1) is 20.2. The Morgan fingerprint density at radius 1 is 1.04 bits per heavy atom.